The normalized spacial score (nSPS) is 18.7. The van der Waals surface area contributed by atoms with Crippen molar-refractivity contribution in [3.8, 4) is 0 Å². The largest absolute Gasteiger partial charge is 0.369 e. The summed E-state index contributed by atoms with van der Waals surface area (Å²) < 4.78 is 0. The van der Waals surface area contributed by atoms with E-state index in [4.69, 9.17) is 23.2 Å². The predicted molar refractivity (Wildman–Crippen MR) is 83.0 cm³/mol. The van der Waals surface area contributed by atoms with Crippen LogP contribution in [0.3, 0.4) is 0 Å². The van der Waals surface area contributed by atoms with E-state index in [0.29, 0.717) is 28.2 Å². The van der Waals surface area contributed by atoms with Crippen LogP contribution in [0.4, 0.5) is 11.6 Å². The number of aromatic nitrogens is 1. The zero-order valence-electron chi connectivity index (χ0n) is 11.7. The van der Waals surface area contributed by atoms with Gasteiger partial charge in [-0.05, 0) is 19.4 Å². The standard InChI is InChI=1S/C13H16Cl2N4O2/c1-3-4-16-11-8(14)5-9(15)12(18-11)19-6-10(20)17-13(21)7(19)2/h5,7H,3-4,6H2,1-2H3,(H,16,18)(H,17,20,21). The highest BCUT2D eigenvalue weighted by Gasteiger charge is 2.32. The predicted octanol–water partition coefficient (Wildman–Crippen LogP) is 2.06. The maximum absolute atomic E-state index is 11.7. The van der Waals surface area contributed by atoms with Gasteiger partial charge < -0.3 is 10.2 Å². The molecule has 1 aliphatic heterocycles. The number of anilines is 2. The molecule has 1 saturated heterocycles. The van der Waals surface area contributed by atoms with Gasteiger partial charge in [0.1, 0.15) is 11.9 Å². The third-order valence-corrected chi connectivity index (χ3v) is 3.72. The molecule has 0 aromatic carbocycles. The molecule has 2 rings (SSSR count). The van der Waals surface area contributed by atoms with E-state index in [9.17, 15) is 9.59 Å². The van der Waals surface area contributed by atoms with Crippen LogP contribution in [0.5, 0.6) is 0 Å². The molecular weight excluding hydrogens is 315 g/mol. The molecular formula is C13H16Cl2N4O2. The average Bonchev–Trinajstić information content (AvgIpc) is 2.42. The summed E-state index contributed by atoms with van der Waals surface area (Å²) in [5.41, 5.74) is 0. The molecule has 1 atom stereocenters. The minimum Gasteiger partial charge on any atom is -0.369 e. The molecule has 1 unspecified atom stereocenters. The molecule has 2 amide bonds. The molecule has 0 bridgehead atoms. The van der Waals surface area contributed by atoms with Crippen molar-refractivity contribution in [3.05, 3.63) is 16.1 Å². The van der Waals surface area contributed by atoms with E-state index < -0.39 is 6.04 Å². The first kappa shape index (κ1) is 15.9. The van der Waals surface area contributed by atoms with Crippen molar-refractivity contribution in [2.75, 3.05) is 23.3 Å². The molecule has 114 valence electrons. The summed E-state index contributed by atoms with van der Waals surface area (Å²) in [7, 11) is 0. The first-order chi connectivity index (χ1) is 9.93. The van der Waals surface area contributed by atoms with E-state index in [-0.39, 0.29) is 18.4 Å². The molecule has 21 heavy (non-hydrogen) atoms. The Morgan fingerprint density at radius 2 is 2.14 bits per heavy atom. The number of rotatable bonds is 4. The number of carbonyl (C=O) groups excluding carboxylic acids is 2. The highest BCUT2D eigenvalue weighted by Crippen LogP contribution is 2.32. The van der Waals surface area contributed by atoms with Gasteiger partial charge in [0, 0.05) is 6.54 Å². The number of nitrogens with zero attached hydrogens (tertiary/aromatic N) is 2. The fourth-order valence-electron chi connectivity index (χ4n) is 2.00. The van der Waals surface area contributed by atoms with E-state index >= 15 is 0 Å². The maximum atomic E-state index is 11.7. The van der Waals surface area contributed by atoms with Gasteiger partial charge in [0.05, 0.1) is 16.6 Å². The SMILES string of the molecule is CCCNc1nc(N2CC(=O)NC(=O)C2C)c(Cl)cc1Cl. The van der Waals surface area contributed by atoms with Gasteiger partial charge in [0.2, 0.25) is 11.8 Å². The van der Waals surface area contributed by atoms with Crippen LogP contribution in [0.15, 0.2) is 6.07 Å². The van der Waals surface area contributed by atoms with Crippen LogP contribution in [-0.2, 0) is 9.59 Å². The van der Waals surface area contributed by atoms with Crippen molar-refractivity contribution < 1.29 is 9.59 Å². The Hall–Kier alpha value is -1.53. The zero-order valence-corrected chi connectivity index (χ0v) is 13.3. The Morgan fingerprint density at radius 1 is 1.43 bits per heavy atom. The van der Waals surface area contributed by atoms with Crippen LogP contribution < -0.4 is 15.5 Å². The van der Waals surface area contributed by atoms with Crippen LogP contribution in [0.1, 0.15) is 20.3 Å². The first-order valence-electron chi connectivity index (χ1n) is 6.64. The van der Waals surface area contributed by atoms with Crippen LogP contribution >= 0.6 is 23.2 Å². The molecule has 8 heteroatoms. The lowest BCUT2D eigenvalue weighted by atomic mass is 10.2. The van der Waals surface area contributed by atoms with E-state index in [0.717, 1.165) is 6.42 Å². The fraction of sp³-hybridized carbons (Fsp3) is 0.462. The molecule has 0 spiro atoms. The van der Waals surface area contributed by atoms with Crippen LogP contribution in [0.25, 0.3) is 0 Å². The van der Waals surface area contributed by atoms with Gasteiger partial charge in [-0.2, -0.15) is 0 Å². The zero-order chi connectivity index (χ0) is 15.6. The molecule has 0 saturated carbocycles. The maximum Gasteiger partial charge on any atom is 0.249 e. The third-order valence-electron chi connectivity index (χ3n) is 3.15. The van der Waals surface area contributed by atoms with Crippen LogP contribution in [0, 0.1) is 0 Å². The van der Waals surface area contributed by atoms with Gasteiger partial charge in [-0.25, -0.2) is 4.98 Å². The summed E-state index contributed by atoms with van der Waals surface area (Å²) in [6.07, 6.45) is 0.914. The Bertz CT molecular complexity index is 580. The molecule has 6 nitrogen and oxygen atoms in total. The number of hydrogen-bond acceptors (Lipinski definition) is 5. The minimum atomic E-state index is -0.534. The number of nitrogens with one attached hydrogen (secondary N) is 2. The number of carbonyl (C=O) groups is 2. The molecule has 0 radical (unpaired) electrons. The van der Waals surface area contributed by atoms with Crippen molar-refractivity contribution in [2.45, 2.75) is 26.3 Å². The summed E-state index contributed by atoms with van der Waals surface area (Å²) in [5.74, 6) is 0.107. The van der Waals surface area contributed by atoms with Crippen molar-refractivity contribution in [1.82, 2.24) is 10.3 Å². The fourth-order valence-corrected chi connectivity index (χ4v) is 2.53. The van der Waals surface area contributed by atoms with Gasteiger partial charge >= 0.3 is 0 Å². The Labute approximate surface area is 132 Å². The lowest BCUT2D eigenvalue weighted by Gasteiger charge is -2.33. The second kappa shape index (κ2) is 6.49. The van der Waals surface area contributed by atoms with Crippen molar-refractivity contribution in [3.63, 3.8) is 0 Å². The average molecular weight is 331 g/mol. The van der Waals surface area contributed by atoms with Crippen molar-refractivity contribution in [2.24, 2.45) is 0 Å². The Balaban J connectivity index is 2.37. The van der Waals surface area contributed by atoms with Crippen LogP contribution in [0.2, 0.25) is 10.0 Å². The van der Waals surface area contributed by atoms with Crippen LogP contribution in [-0.4, -0.2) is 35.9 Å². The highest BCUT2D eigenvalue weighted by atomic mass is 35.5. The lowest BCUT2D eigenvalue weighted by Crippen LogP contribution is -2.57. The quantitative estimate of drug-likeness (QED) is 0.826. The number of piperazine rings is 1. The van der Waals surface area contributed by atoms with Gasteiger partial charge in [-0.1, -0.05) is 30.1 Å². The van der Waals surface area contributed by atoms with E-state index in [1.807, 2.05) is 6.92 Å². The molecule has 2 heterocycles. The summed E-state index contributed by atoms with van der Waals surface area (Å²) in [6.45, 7) is 4.44. The van der Waals surface area contributed by atoms with Gasteiger partial charge in [0.25, 0.3) is 0 Å². The Kier molecular flexibility index (Phi) is 4.90. The molecule has 2 N–H and O–H groups in total. The minimum absolute atomic E-state index is 0.0223. The molecule has 0 aliphatic carbocycles. The number of hydrogen-bond donors (Lipinski definition) is 2. The number of imide groups is 1. The van der Waals surface area contributed by atoms with Crippen molar-refractivity contribution in [1.29, 1.82) is 0 Å². The second-order valence-corrected chi connectivity index (χ2v) is 5.58. The number of pyridine rings is 1. The summed E-state index contributed by atoms with van der Waals surface area (Å²) in [6, 6.07) is 1.03. The molecule has 1 aliphatic rings. The summed E-state index contributed by atoms with van der Waals surface area (Å²) in [4.78, 5) is 29.2. The Morgan fingerprint density at radius 3 is 2.81 bits per heavy atom. The second-order valence-electron chi connectivity index (χ2n) is 4.77. The smallest absolute Gasteiger partial charge is 0.249 e. The van der Waals surface area contributed by atoms with E-state index in [2.05, 4.69) is 15.6 Å². The van der Waals surface area contributed by atoms with Gasteiger partial charge in [-0.15, -0.1) is 0 Å². The summed E-state index contributed by atoms with van der Waals surface area (Å²) >= 11 is 12.3. The van der Waals surface area contributed by atoms with Gasteiger partial charge in [-0.3, -0.25) is 14.9 Å². The number of amides is 2. The lowest BCUT2D eigenvalue weighted by molar-refractivity contribution is -0.132. The number of halogens is 2. The molecule has 1 aromatic heterocycles. The van der Waals surface area contributed by atoms with Crippen molar-refractivity contribution >= 4 is 46.7 Å². The first-order valence-corrected chi connectivity index (χ1v) is 7.39. The summed E-state index contributed by atoms with van der Waals surface area (Å²) in [5, 5.41) is 6.07. The van der Waals surface area contributed by atoms with Gasteiger partial charge in [0.15, 0.2) is 5.82 Å². The van der Waals surface area contributed by atoms with E-state index in [1.165, 1.54) is 0 Å². The van der Waals surface area contributed by atoms with E-state index in [1.54, 1.807) is 17.9 Å². The molecule has 1 aromatic rings. The topological polar surface area (TPSA) is 74.3 Å². The monoisotopic (exact) mass is 330 g/mol. The molecule has 1 fully saturated rings. The highest BCUT2D eigenvalue weighted by molar-refractivity contribution is 6.37. The third kappa shape index (κ3) is 3.39.